The molecule has 1 amide bonds. The Morgan fingerprint density at radius 3 is 2.70 bits per heavy atom. The Morgan fingerprint density at radius 1 is 1.48 bits per heavy atom. The molecular formula is C16H26N2O4Si. The highest BCUT2D eigenvalue weighted by Gasteiger charge is 2.39. The van der Waals surface area contributed by atoms with Gasteiger partial charge >= 0.3 is 6.09 Å². The minimum atomic E-state index is -1.90. The lowest BCUT2D eigenvalue weighted by Gasteiger charge is -2.39. The smallest absolute Gasteiger partial charge is 0.412 e. The van der Waals surface area contributed by atoms with E-state index >= 15 is 0 Å². The van der Waals surface area contributed by atoms with Crippen LogP contribution in [0.25, 0.3) is 0 Å². The van der Waals surface area contributed by atoms with E-state index in [0.717, 1.165) is 0 Å². The Balaban J connectivity index is 2.15. The summed E-state index contributed by atoms with van der Waals surface area (Å²) < 4.78 is 12.1. The van der Waals surface area contributed by atoms with Crippen molar-refractivity contribution in [1.29, 1.82) is 0 Å². The summed E-state index contributed by atoms with van der Waals surface area (Å²) in [7, 11) is -1.90. The number of carboxylic acid groups (broad SMARTS) is 1. The first-order valence-corrected chi connectivity index (χ1v) is 10.6. The fourth-order valence-electron chi connectivity index (χ4n) is 2.15. The van der Waals surface area contributed by atoms with Crippen molar-refractivity contribution in [2.75, 3.05) is 23.8 Å². The van der Waals surface area contributed by atoms with Gasteiger partial charge in [0.25, 0.3) is 0 Å². The predicted octanol–water partition coefficient (Wildman–Crippen LogP) is 3.54. The molecule has 1 aromatic carbocycles. The molecule has 1 aromatic rings. The zero-order valence-electron chi connectivity index (χ0n) is 14.4. The Kier molecular flexibility index (Phi) is 4.63. The number of hydrogen-bond acceptors (Lipinski definition) is 4. The second kappa shape index (κ2) is 6.05. The van der Waals surface area contributed by atoms with Crippen LogP contribution >= 0.6 is 0 Å². The van der Waals surface area contributed by atoms with Crippen LogP contribution in [0.1, 0.15) is 20.8 Å². The zero-order chi connectivity index (χ0) is 17.4. The second-order valence-electron chi connectivity index (χ2n) is 7.43. The van der Waals surface area contributed by atoms with Crippen LogP contribution in [0.5, 0.6) is 5.75 Å². The summed E-state index contributed by atoms with van der Waals surface area (Å²) in [6, 6.07) is 5.03. The Labute approximate surface area is 138 Å². The number of ether oxygens (including phenoxy) is 1. The van der Waals surface area contributed by atoms with Crippen LogP contribution in [0.15, 0.2) is 18.2 Å². The summed E-state index contributed by atoms with van der Waals surface area (Å²) in [6.45, 7) is 11.5. The average Bonchev–Trinajstić information content (AvgIpc) is 2.43. The summed E-state index contributed by atoms with van der Waals surface area (Å²) >= 11 is 0. The number of nitrogens with zero attached hydrogens (tertiary/aromatic N) is 1. The van der Waals surface area contributed by atoms with Crippen LogP contribution < -0.4 is 15.4 Å². The lowest BCUT2D eigenvalue weighted by atomic mass is 10.2. The third-order valence-corrected chi connectivity index (χ3v) is 9.12. The first-order chi connectivity index (χ1) is 10.5. The standard InChI is InChI=1S/C16H26N2O4Si/c1-16(2,3)23(4,5)21-10-12-9-18(15(19)20)13-8-11(17)6-7-14(13)22-12/h6-8,12H,9-10,17H2,1-5H3,(H,19,20)/t12-/m0/s1. The molecule has 0 spiro atoms. The van der Waals surface area contributed by atoms with Crippen LogP contribution in [-0.4, -0.2) is 38.8 Å². The highest BCUT2D eigenvalue weighted by molar-refractivity contribution is 6.74. The van der Waals surface area contributed by atoms with Gasteiger partial charge in [-0.1, -0.05) is 20.8 Å². The molecule has 0 aromatic heterocycles. The van der Waals surface area contributed by atoms with Crippen LogP contribution in [0.2, 0.25) is 18.1 Å². The van der Waals surface area contributed by atoms with E-state index in [4.69, 9.17) is 14.9 Å². The van der Waals surface area contributed by atoms with Crippen LogP contribution in [0.4, 0.5) is 16.2 Å². The monoisotopic (exact) mass is 338 g/mol. The summed E-state index contributed by atoms with van der Waals surface area (Å²) in [5.41, 5.74) is 6.74. The number of benzene rings is 1. The van der Waals surface area contributed by atoms with Crippen molar-refractivity contribution >= 4 is 25.8 Å². The normalized spacial score (nSPS) is 18.3. The molecule has 128 valence electrons. The van der Waals surface area contributed by atoms with Crippen molar-refractivity contribution in [2.45, 2.75) is 45.0 Å². The molecule has 1 aliphatic heterocycles. The van der Waals surface area contributed by atoms with E-state index in [1.54, 1.807) is 18.2 Å². The molecule has 0 aliphatic carbocycles. The van der Waals surface area contributed by atoms with E-state index in [9.17, 15) is 9.90 Å². The van der Waals surface area contributed by atoms with Crippen LogP contribution in [0, 0.1) is 0 Å². The van der Waals surface area contributed by atoms with E-state index in [1.807, 2.05) is 0 Å². The fourth-order valence-corrected chi connectivity index (χ4v) is 3.19. The first-order valence-electron chi connectivity index (χ1n) is 7.72. The van der Waals surface area contributed by atoms with E-state index in [-0.39, 0.29) is 17.7 Å². The van der Waals surface area contributed by atoms with Crippen molar-refractivity contribution in [2.24, 2.45) is 0 Å². The van der Waals surface area contributed by atoms with Gasteiger partial charge in [0.15, 0.2) is 8.32 Å². The number of rotatable bonds is 3. The Morgan fingerprint density at radius 2 is 2.13 bits per heavy atom. The lowest BCUT2D eigenvalue weighted by Crippen LogP contribution is -2.48. The molecule has 2 rings (SSSR count). The number of carbonyl (C=O) groups is 1. The van der Waals surface area contributed by atoms with Gasteiger partial charge < -0.3 is 20.0 Å². The number of amides is 1. The van der Waals surface area contributed by atoms with Crippen molar-refractivity contribution in [3.63, 3.8) is 0 Å². The minimum absolute atomic E-state index is 0.0977. The van der Waals surface area contributed by atoms with Gasteiger partial charge in [-0.15, -0.1) is 0 Å². The second-order valence-corrected chi connectivity index (χ2v) is 12.2. The van der Waals surface area contributed by atoms with Gasteiger partial charge in [-0.2, -0.15) is 0 Å². The largest absolute Gasteiger partial charge is 0.484 e. The third-order valence-electron chi connectivity index (χ3n) is 4.62. The summed E-state index contributed by atoms with van der Waals surface area (Å²) in [5.74, 6) is 0.525. The highest BCUT2D eigenvalue weighted by Crippen LogP contribution is 2.38. The molecule has 0 fully saturated rings. The number of fused-ring (bicyclic) bond motifs is 1. The SMILES string of the molecule is CC(C)(C)[Si](C)(C)OC[C@@H]1CN(C(=O)O)c2cc(N)ccc2O1. The van der Waals surface area contributed by atoms with E-state index < -0.39 is 14.4 Å². The van der Waals surface area contributed by atoms with Crippen molar-refractivity contribution < 1.29 is 19.1 Å². The molecule has 23 heavy (non-hydrogen) atoms. The van der Waals surface area contributed by atoms with Crippen LogP contribution in [-0.2, 0) is 4.43 Å². The molecule has 6 nitrogen and oxygen atoms in total. The highest BCUT2D eigenvalue weighted by atomic mass is 28.4. The first kappa shape index (κ1) is 17.6. The third kappa shape index (κ3) is 3.79. The molecule has 0 unspecified atom stereocenters. The molecule has 1 heterocycles. The number of hydrogen-bond donors (Lipinski definition) is 2. The van der Waals surface area contributed by atoms with Gasteiger partial charge in [-0.05, 0) is 36.3 Å². The molecule has 0 bridgehead atoms. The van der Waals surface area contributed by atoms with Gasteiger partial charge in [0.1, 0.15) is 11.9 Å². The Bertz CT molecular complexity index is 598. The van der Waals surface area contributed by atoms with Crippen molar-refractivity contribution in [1.82, 2.24) is 0 Å². The maximum Gasteiger partial charge on any atom is 0.412 e. The minimum Gasteiger partial charge on any atom is -0.484 e. The molecule has 0 saturated heterocycles. The van der Waals surface area contributed by atoms with Crippen molar-refractivity contribution in [3.8, 4) is 5.75 Å². The van der Waals surface area contributed by atoms with E-state index in [1.165, 1.54) is 4.90 Å². The lowest BCUT2D eigenvalue weighted by molar-refractivity contribution is 0.114. The topological polar surface area (TPSA) is 85.0 Å². The number of nitrogen functional groups attached to an aromatic ring is 1. The van der Waals surface area contributed by atoms with Gasteiger partial charge in [-0.25, -0.2) is 4.79 Å². The molecule has 3 N–H and O–H groups in total. The van der Waals surface area contributed by atoms with Crippen molar-refractivity contribution in [3.05, 3.63) is 18.2 Å². The number of nitrogens with two attached hydrogens (primary N) is 1. The summed E-state index contributed by atoms with van der Waals surface area (Å²) in [5, 5.41) is 9.55. The van der Waals surface area contributed by atoms with Gasteiger partial charge in [0, 0.05) is 5.69 Å². The van der Waals surface area contributed by atoms with E-state index in [2.05, 4.69) is 33.9 Å². The molecule has 0 radical (unpaired) electrons. The molecule has 1 aliphatic rings. The fraction of sp³-hybridized carbons (Fsp3) is 0.562. The zero-order valence-corrected chi connectivity index (χ0v) is 15.4. The molecule has 7 heteroatoms. The van der Waals surface area contributed by atoms with Crippen LogP contribution in [0.3, 0.4) is 0 Å². The summed E-state index contributed by atoms with van der Waals surface area (Å²) in [6.07, 6.45) is -1.34. The average molecular weight is 338 g/mol. The molecule has 1 atom stereocenters. The maximum absolute atomic E-state index is 11.5. The number of anilines is 2. The van der Waals surface area contributed by atoms with Gasteiger partial charge in [-0.3, -0.25) is 4.90 Å². The maximum atomic E-state index is 11.5. The van der Waals surface area contributed by atoms with Gasteiger partial charge in [0.2, 0.25) is 0 Å². The van der Waals surface area contributed by atoms with E-state index in [0.29, 0.717) is 23.7 Å². The quantitative estimate of drug-likeness (QED) is 0.650. The predicted molar refractivity (Wildman–Crippen MR) is 93.8 cm³/mol. The molecule has 0 saturated carbocycles. The molecular weight excluding hydrogens is 312 g/mol. The summed E-state index contributed by atoms with van der Waals surface area (Å²) in [4.78, 5) is 12.8. The Hall–Kier alpha value is -1.73. The van der Waals surface area contributed by atoms with Gasteiger partial charge in [0.05, 0.1) is 18.8 Å².